The highest BCUT2D eigenvalue weighted by atomic mass is 35.5. The molecule has 2 aromatic carbocycles. The zero-order valence-corrected chi connectivity index (χ0v) is 12.1. The number of rotatable bonds is 5. The fourth-order valence-electron chi connectivity index (χ4n) is 2.28. The summed E-state index contributed by atoms with van der Waals surface area (Å²) in [4.78, 5) is 0. The molecular weight excluding hydrogens is 293 g/mol. The van der Waals surface area contributed by atoms with Gasteiger partial charge in [-0.05, 0) is 42.3 Å². The Kier molecular flexibility index (Phi) is 4.27. The Morgan fingerprint density at radius 2 is 2.05 bits per heavy atom. The minimum atomic E-state index is -0.162. The lowest BCUT2D eigenvalue weighted by Crippen LogP contribution is -2.17. The molecule has 0 unspecified atom stereocenters. The van der Waals surface area contributed by atoms with Crippen LogP contribution in [0.5, 0.6) is 11.5 Å². The van der Waals surface area contributed by atoms with Gasteiger partial charge < -0.3 is 14.8 Å². The van der Waals surface area contributed by atoms with Gasteiger partial charge >= 0.3 is 0 Å². The van der Waals surface area contributed by atoms with E-state index in [9.17, 15) is 4.39 Å². The summed E-state index contributed by atoms with van der Waals surface area (Å²) < 4.78 is 24.1. The van der Waals surface area contributed by atoms with Crippen LogP contribution in [-0.2, 0) is 13.0 Å². The van der Waals surface area contributed by atoms with Gasteiger partial charge in [0.1, 0.15) is 5.82 Å². The third-order valence-corrected chi connectivity index (χ3v) is 3.63. The Hall–Kier alpha value is -1.78. The molecule has 0 saturated carbocycles. The molecule has 0 bridgehead atoms. The van der Waals surface area contributed by atoms with E-state index in [0.29, 0.717) is 41.6 Å². The summed E-state index contributed by atoms with van der Waals surface area (Å²) in [6.07, 6.45) is 0.644. The number of nitrogens with one attached hydrogen (secondary N) is 1. The van der Waals surface area contributed by atoms with Crippen LogP contribution in [-0.4, -0.2) is 13.3 Å². The highest BCUT2D eigenvalue weighted by Gasteiger charge is 2.17. The van der Waals surface area contributed by atoms with E-state index in [0.717, 1.165) is 5.56 Å². The molecule has 0 atom stereocenters. The average molecular weight is 308 g/mol. The topological polar surface area (TPSA) is 30.5 Å². The van der Waals surface area contributed by atoms with Gasteiger partial charge in [0, 0.05) is 6.54 Å². The van der Waals surface area contributed by atoms with E-state index in [1.54, 1.807) is 12.1 Å². The van der Waals surface area contributed by atoms with Crippen LogP contribution in [0.1, 0.15) is 11.1 Å². The molecular formula is C16H15ClFNO2. The van der Waals surface area contributed by atoms with Crippen molar-refractivity contribution in [2.75, 3.05) is 13.3 Å². The van der Waals surface area contributed by atoms with Crippen LogP contribution < -0.4 is 14.8 Å². The fourth-order valence-corrected chi connectivity index (χ4v) is 2.57. The second kappa shape index (κ2) is 6.33. The lowest BCUT2D eigenvalue weighted by molar-refractivity contribution is 0.174. The molecule has 0 aliphatic carbocycles. The number of hydrogen-bond donors (Lipinski definition) is 1. The van der Waals surface area contributed by atoms with E-state index < -0.39 is 0 Å². The molecule has 0 spiro atoms. The predicted molar refractivity (Wildman–Crippen MR) is 79.4 cm³/mol. The maximum absolute atomic E-state index is 13.5. The Labute approximate surface area is 127 Å². The zero-order valence-electron chi connectivity index (χ0n) is 11.4. The Bertz CT molecular complexity index is 648. The normalized spacial score (nSPS) is 12.7. The fraction of sp³-hybridized carbons (Fsp3) is 0.250. The van der Waals surface area contributed by atoms with Gasteiger partial charge in [-0.2, -0.15) is 0 Å². The van der Waals surface area contributed by atoms with E-state index >= 15 is 0 Å². The Morgan fingerprint density at radius 1 is 1.19 bits per heavy atom. The summed E-state index contributed by atoms with van der Waals surface area (Å²) in [6.45, 7) is 1.54. The van der Waals surface area contributed by atoms with Gasteiger partial charge in [0.25, 0.3) is 0 Å². The monoisotopic (exact) mass is 307 g/mol. The van der Waals surface area contributed by atoms with Gasteiger partial charge in [-0.1, -0.05) is 29.8 Å². The summed E-state index contributed by atoms with van der Waals surface area (Å²) >= 11 is 6.12. The third-order valence-electron chi connectivity index (χ3n) is 3.35. The molecule has 3 nitrogen and oxygen atoms in total. The van der Waals surface area contributed by atoms with E-state index in [1.165, 1.54) is 6.07 Å². The number of fused-ring (bicyclic) bond motifs is 1. The van der Waals surface area contributed by atoms with Crippen LogP contribution in [0.15, 0.2) is 36.4 Å². The smallest absolute Gasteiger partial charge is 0.231 e. The molecule has 3 rings (SSSR count). The van der Waals surface area contributed by atoms with Crippen molar-refractivity contribution in [2.24, 2.45) is 0 Å². The van der Waals surface area contributed by atoms with Gasteiger partial charge in [0.05, 0.1) is 5.02 Å². The number of halogens is 2. The van der Waals surface area contributed by atoms with Gasteiger partial charge in [-0.15, -0.1) is 0 Å². The SMILES string of the molecule is Fc1ccccc1CCNCc1cc(Cl)c2c(c1)OCO2. The van der Waals surface area contributed by atoms with Gasteiger partial charge in [-0.25, -0.2) is 4.39 Å². The molecule has 1 aliphatic heterocycles. The van der Waals surface area contributed by atoms with Crippen molar-refractivity contribution < 1.29 is 13.9 Å². The van der Waals surface area contributed by atoms with E-state index in [4.69, 9.17) is 21.1 Å². The van der Waals surface area contributed by atoms with Crippen molar-refractivity contribution in [3.63, 3.8) is 0 Å². The predicted octanol–water partition coefficient (Wildman–Crippen LogP) is 3.54. The third kappa shape index (κ3) is 3.28. The molecule has 5 heteroatoms. The van der Waals surface area contributed by atoms with Crippen LogP contribution in [0.4, 0.5) is 4.39 Å². The summed E-state index contributed by atoms with van der Waals surface area (Å²) in [7, 11) is 0. The molecule has 0 amide bonds. The minimum Gasteiger partial charge on any atom is -0.454 e. The summed E-state index contributed by atoms with van der Waals surface area (Å²) in [5, 5.41) is 3.83. The zero-order chi connectivity index (χ0) is 14.7. The van der Waals surface area contributed by atoms with Gasteiger partial charge in [0.2, 0.25) is 6.79 Å². The first-order valence-corrected chi connectivity index (χ1v) is 7.14. The molecule has 0 aromatic heterocycles. The molecule has 1 aliphatic rings. The molecule has 0 fully saturated rings. The molecule has 1 N–H and O–H groups in total. The summed E-state index contributed by atoms with van der Waals surface area (Å²) in [5.74, 6) is 1.12. The maximum Gasteiger partial charge on any atom is 0.231 e. The van der Waals surface area contributed by atoms with Crippen LogP contribution in [0.3, 0.4) is 0 Å². The Balaban J connectivity index is 1.54. The van der Waals surface area contributed by atoms with Crippen LogP contribution in [0, 0.1) is 5.82 Å². The molecule has 1 heterocycles. The second-order valence-corrected chi connectivity index (χ2v) is 5.24. The van der Waals surface area contributed by atoms with Crippen molar-refractivity contribution in [1.82, 2.24) is 5.32 Å². The van der Waals surface area contributed by atoms with Crippen LogP contribution in [0.25, 0.3) is 0 Å². The number of ether oxygens (including phenoxy) is 2. The molecule has 21 heavy (non-hydrogen) atoms. The molecule has 110 valence electrons. The van der Waals surface area contributed by atoms with Crippen molar-refractivity contribution in [3.05, 3.63) is 58.4 Å². The number of hydrogen-bond acceptors (Lipinski definition) is 3. The lowest BCUT2D eigenvalue weighted by Gasteiger charge is -2.08. The van der Waals surface area contributed by atoms with Gasteiger partial charge in [-0.3, -0.25) is 0 Å². The molecule has 2 aromatic rings. The molecule has 0 saturated heterocycles. The van der Waals surface area contributed by atoms with Crippen molar-refractivity contribution >= 4 is 11.6 Å². The Morgan fingerprint density at radius 3 is 2.90 bits per heavy atom. The largest absolute Gasteiger partial charge is 0.454 e. The highest BCUT2D eigenvalue weighted by Crippen LogP contribution is 2.39. The van der Waals surface area contributed by atoms with Gasteiger partial charge in [0.15, 0.2) is 11.5 Å². The van der Waals surface area contributed by atoms with E-state index in [2.05, 4.69) is 5.32 Å². The first-order valence-electron chi connectivity index (χ1n) is 6.76. The van der Waals surface area contributed by atoms with Crippen molar-refractivity contribution in [2.45, 2.75) is 13.0 Å². The maximum atomic E-state index is 13.5. The van der Waals surface area contributed by atoms with E-state index in [-0.39, 0.29) is 12.6 Å². The first-order chi connectivity index (χ1) is 10.2. The summed E-state index contributed by atoms with van der Waals surface area (Å²) in [5.41, 5.74) is 1.73. The quantitative estimate of drug-likeness (QED) is 0.857. The number of benzene rings is 2. The lowest BCUT2D eigenvalue weighted by atomic mass is 10.1. The van der Waals surface area contributed by atoms with E-state index in [1.807, 2.05) is 18.2 Å². The summed E-state index contributed by atoms with van der Waals surface area (Å²) in [6, 6.07) is 10.6. The van der Waals surface area contributed by atoms with Crippen LogP contribution in [0.2, 0.25) is 5.02 Å². The first kappa shape index (κ1) is 14.2. The molecule has 0 radical (unpaired) electrons. The second-order valence-electron chi connectivity index (χ2n) is 4.83. The minimum absolute atomic E-state index is 0.162. The highest BCUT2D eigenvalue weighted by molar-refractivity contribution is 6.32. The van der Waals surface area contributed by atoms with Crippen molar-refractivity contribution in [1.29, 1.82) is 0 Å². The van der Waals surface area contributed by atoms with Crippen LogP contribution >= 0.6 is 11.6 Å². The average Bonchev–Trinajstić information content (AvgIpc) is 2.94. The van der Waals surface area contributed by atoms with Crippen molar-refractivity contribution in [3.8, 4) is 11.5 Å². The standard InChI is InChI=1S/C16H15ClFNO2/c17-13-7-11(8-15-16(13)21-10-20-15)9-19-6-5-12-3-1-2-4-14(12)18/h1-4,7-8,19H,5-6,9-10H2.